The van der Waals surface area contributed by atoms with Crippen LogP contribution in [-0.2, 0) is 12.8 Å². The largest absolute Gasteiger partial charge is 0.120 e. The summed E-state index contributed by atoms with van der Waals surface area (Å²) in [6.07, 6.45) is 8.72. The normalized spacial score (nSPS) is 12.1. The summed E-state index contributed by atoms with van der Waals surface area (Å²) in [4.78, 5) is 0. The molecule has 0 heteroatoms. The Morgan fingerprint density at radius 3 is 2.29 bits per heavy atom. The minimum Gasteiger partial charge on any atom is -0.120 e. The summed E-state index contributed by atoms with van der Waals surface area (Å²) in [7, 11) is 0. The van der Waals surface area contributed by atoms with Gasteiger partial charge in [0, 0.05) is 5.92 Å². The molecular weight excluding hydrogens is 168 g/mol. The third-order valence-electron chi connectivity index (χ3n) is 2.39. The number of aryl methyl sites for hydroxylation is 1. The zero-order valence-electron chi connectivity index (χ0n) is 9.09. The molecule has 1 rings (SSSR count). The van der Waals surface area contributed by atoms with Crippen molar-refractivity contribution in [3.05, 3.63) is 35.4 Å². The predicted octanol–water partition coefficient (Wildman–Crippen LogP) is 3.45. The molecule has 0 N–H and O–H groups in total. The zero-order valence-corrected chi connectivity index (χ0v) is 9.09. The van der Waals surface area contributed by atoms with Crippen LogP contribution in [0, 0.1) is 18.3 Å². The molecule has 0 aliphatic heterocycles. The second kappa shape index (κ2) is 5.50. The Kier molecular flexibility index (Phi) is 4.26. The predicted molar refractivity (Wildman–Crippen MR) is 62.1 cm³/mol. The summed E-state index contributed by atoms with van der Waals surface area (Å²) in [5, 5.41) is 0. The maximum absolute atomic E-state index is 5.35. The van der Waals surface area contributed by atoms with Gasteiger partial charge < -0.3 is 0 Å². The second-order valence-electron chi connectivity index (χ2n) is 3.84. The third kappa shape index (κ3) is 3.26. The van der Waals surface area contributed by atoms with Gasteiger partial charge in [0.1, 0.15) is 0 Å². The highest BCUT2D eigenvalue weighted by molar-refractivity contribution is 5.23. The van der Waals surface area contributed by atoms with Crippen LogP contribution in [0.3, 0.4) is 0 Å². The Labute approximate surface area is 87.4 Å². The summed E-state index contributed by atoms with van der Waals surface area (Å²) in [6.45, 7) is 4.29. The van der Waals surface area contributed by atoms with Gasteiger partial charge in [-0.25, -0.2) is 0 Å². The van der Waals surface area contributed by atoms with Crippen molar-refractivity contribution in [3.8, 4) is 12.3 Å². The van der Waals surface area contributed by atoms with Gasteiger partial charge in [-0.1, -0.05) is 44.5 Å². The molecule has 1 aromatic rings. The molecular formula is C14H18. The van der Waals surface area contributed by atoms with E-state index in [9.17, 15) is 0 Å². The number of rotatable bonds is 4. The van der Waals surface area contributed by atoms with Crippen molar-refractivity contribution in [2.45, 2.75) is 33.1 Å². The standard InChI is InChI=1S/C14H18/c1-4-6-13-7-9-14(10-8-13)11-12(3)5-2/h2,7-10,12H,4,6,11H2,1,3H3. The van der Waals surface area contributed by atoms with E-state index in [-0.39, 0.29) is 0 Å². The van der Waals surface area contributed by atoms with E-state index in [1.54, 1.807) is 0 Å². The lowest BCUT2D eigenvalue weighted by atomic mass is 10.00. The Morgan fingerprint density at radius 2 is 1.79 bits per heavy atom. The molecule has 74 valence electrons. The van der Waals surface area contributed by atoms with Crippen LogP contribution in [0.5, 0.6) is 0 Å². The Balaban J connectivity index is 2.60. The SMILES string of the molecule is C#CC(C)Cc1ccc(CCC)cc1. The molecule has 0 nitrogen and oxygen atoms in total. The highest BCUT2D eigenvalue weighted by Gasteiger charge is 1.99. The summed E-state index contributed by atoms with van der Waals surface area (Å²) in [5.41, 5.74) is 2.76. The molecule has 0 fully saturated rings. The molecule has 14 heavy (non-hydrogen) atoms. The van der Waals surface area contributed by atoms with Gasteiger partial charge in [0.05, 0.1) is 0 Å². The van der Waals surface area contributed by atoms with Gasteiger partial charge in [-0.05, 0) is 24.0 Å². The molecule has 0 amide bonds. The van der Waals surface area contributed by atoms with Crippen LogP contribution < -0.4 is 0 Å². The Morgan fingerprint density at radius 1 is 1.21 bits per heavy atom. The minimum absolute atomic E-state index is 0.340. The molecule has 0 aliphatic rings. The van der Waals surface area contributed by atoms with Crippen LogP contribution in [0.2, 0.25) is 0 Å². The maximum Gasteiger partial charge on any atom is 0.0212 e. The quantitative estimate of drug-likeness (QED) is 0.632. The zero-order chi connectivity index (χ0) is 10.4. The second-order valence-corrected chi connectivity index (χ2v) is 3.84. The fourth-order valence-corrected chi connectivity index (χ4v) is 1.54. The fraction of sp³-hybridized carbons (Fsp3) is 0.429. The average Bonchev–Trinajstić information content (AvgIpc) is 2.21. The van der Waals surface area contributed by atoms with Crippen molar-refractivity contribution >= 4 is 0 Å². The lowest BCUT2D eigenvalue weighted by molar-refractivity contribution is 0.750. The highest BCUT2D eigenvalue weighted by Crippen LogP contribution is 2.10. The molecule has 0 saturated heterocycles. The van der Waals surface area contributed by atoms with Gasteiger partial charge >= 0.3 is 0 Å². The fourth-order valence-electron chi connectivity index (χ4n) is 1.54. The number of hydrogen-bond acceptors (Lipinski definition) is 0. The van der Waals surface area contributed by atoms with E-state index in [0.29, 0.717) is 5.92 Å². The minimum atomic E-state index is 0.340. The van der Waals surface area contributed by atoms with E-state index in [1.165, 1.54) is 24.0 Å². The molecule has 1 unspecified atom stereocenters. The number of terminal acetylenes is 1. The van der Waals surface area contributed by atoms with E-state index < -0.39 is 0 Å². The van der Waals surface area contributed by atoms with Crippen molar-refractivity contribution in [2.24, 2.45) is 5.92 Å². The summed E-state index contributed by atoms with van der Waals surface area (Å²) in [6, 6.07) is 8.81. The van der Waals surface area contributed by atoms with E-state index in [0.717, 1.165) is 6.42 Å². The first kappa shape index (κ1) is 10.9. The lowest BCUT2D eigenvalue weighted by Crippen LogP contribution is -1.96. The lowest BCUT2D eigenvalue weighted by Gasteiger charge is -2.05. The Bertz CT molecular complexity index is 300. The molecule has 0 saturated carbocycles. The van der Waals surface area contributed by atoms with Gasteiger partial charge in [-0.2, -0.15) is 0 Å². The van der Waals surface area contributed by atoms with E-state index in [2.05, 4.69) is 44.0 Å². The first-order valence-corrected chi connectivity index (χ1v) is 5.30. The molecule has 0 heterocycles. The van der Waals surface area contributed by atoms with E-state index >= 15 is 0 Å². The monoisotopic (exact) mass is 186 g/mol. The van der Waals surface area contributed by atoms with Crippen LogP contribution in [0.1, 0.15) is 31.4 Å². The van der Waals surface area contributed by atoms with Gasteiger partial charge in [-0.15, -0.1) is 12.3 Å². The first-order valence-electron chi connectivity index (χ1n) is 5.30. The van der Waals surface area contributed by atoms with Gasteiger partial charge in [0.2, 0.25) is 0 Å². The molecule has 0 bridgehead atoms. The highest BCUT2D eigenvalue weighted by atomic mass is 14.0. The van der Waals surface area contributed by atoms with E-state index in [1.807, 2.05) is 0 Å². The smallest absolute Gasteiger partial charge is 0.0212 e. The molecule has 1 aromatic carbocycles. The molecule has 0 radical (unpaired) electrons. The molecule has 0 aliphatic carbocycles. The molecule has 1 atom stereocenters. The van der Waals surface area contributed by atoms with Gasteiger partial charge in [-0.3, -0.25) is 0 Å². The summed E-state index contributed by atoms with van der Waals surface area (Å²) >= 11 is 0. The van der Waals surface area contributed by atoms with Crippen molar-refractivity contribution in [1.29, 1.82) is 0 Å². The van der Waals surface area contributed by atoms with Gasteiger partial charge in [0.15, 0.2) is 0 Å². The van der Waals surface area contributed by atoms with Crippen LogP contribution in [0.4, 0.5) is 0 Å². The molecule has 0 spiro atoms. The average molecular weight is 186 g/mol. The first-order chi connectivity index (χ1) is 6.76. The summed E-state index contributed by atoms with van der Waals surface area (Å²) < 4.78 is 0. The van der Waals surface area contributed by atoms with Crippen molar-refractivity contribution in [3.63, 3.8) is 0 Å². The van der Waals surface area contributed by atoms with Crippen molar-refractivity contribution in [2.75, 3.05) is 0 Å². The van der Waals surface area contributed by atoms with Gasteiger partial charge in [0.25, 0.3) is 0 Å². The van der Waals surface area contributed by atoms with Crippen LogP contribution in [0.25, 0.3) is 0 Å². The van der Waals surface area contributed by atoms with Crippen molar-refractivity contribution < 1.29 is 0 Å². The number of hydrogen-bond donors (Lipinski definition) is 0. The third-order valence-corrected chi connectivity index (χ3v) is 2.39. The van der Waals surface area contributed by atoms with Crippen LogP contribution in [0.15, 0.2) is 24.3 Å². The van der Waals surface area contributed by atoms with E-state index in [4.69, 9.17) is 6.42 Å². The number of benzene rings is 1. The summed E-state index contributed by atoms with van der Waals surface area (Å²) in [5.74, 6) is 3.09. The molecule has 0 aromatic heterocycles. The topological polar surface area (TPSA) is 0 Å². The Hall–Kier alpha value is -1.22. The van der Waals surface area contributed by atoms with Crippen LogP contribution >= 0.6 is 0 Å². The van der Waals surface area contributed by atoms with Crippen molar-refractivity contribution in [1.82, 2.24) is 0 Å². The van der Waals surface area contributed by atoms with Crippen LogP contribution in [-0.4, -0.2) is 0 Å². The maximum atomic E-state index is 5.35.